The van der Waals surface area contributed by atoms with Crippen LogP contribution in [0, 0.1) is 11.2 Å². The molecular weight excluding hydrogens is 428 g/mol. The van der Waals surface area contributed by atoms with Gasteiger partial charge in [-0.2, -0.15) is 4.39 Å². The van der Waals surface area contributed by atoms with Crippen molar-refractivity contribution in [2.75, 3.05) is 0 Å². The van der Waals surface area contributed by atoms with Crippen molar-refractivity contribution >= 4 is 6.04 Å². The quantitative estimate of drug-likeness (QED) is 0.417. The van der Waals surface area contributed by atoms with E-state index in [0.717, 1.165) is 11.1 Å². The van der Waals surface area contributed by atoms with Crippen LogP contribution in [0.15, 0.2) is 54.6 Å². The predicted octanol–water partition coefficient (Wildman–Crippen LogP) is 4.84. The number of para-hydroxylation sites is 1. The van der Waals surface area contributed by atoms with Crippen molar-refractivity contribution in [2.45, 2.75) is 19.8 Å². The number of rotatable bonds is 4. The van der Waals surface area contributed by atoms with Crippen LogP contribution in [-0.4, -0.2) is 31.2 Å². The van der Waals surface area contributed by atoms with Gasteiger partial charge in [0.1, 0.15) is 0 Å². The highest BCUT2D eigenvalue weighted by molar-refractivity contribution is 5.78. The summed E-state index contributed by atoms with van der Waals surface area (Å²) in [6, 6.07) is 13.9. The molecular formula is C24H19F2N5O2. The second kappa shape index (κ2) is 7.54. The average Bonchev–Trinajstić information content (AvgIpc) is 3.23. The molecule has 5 rings (SSSR count). The van der Waals surface area contributed by atoms with Crippen molar-refractivity contribution in [1.82, 2.24) is 25.2 Å². The number of carbonyl (C=O) groups excluding carboxylic acids is 1. The van der Waals surface area contributed by atoms with Gasteiger partial charge >= 0.3 is 6.04 Å². The van der Waals surface area contributed by atoms with Gasteiger partial charge in [-0.05, 0) is 36.4 Å². The molecule has 4 aromatic rings. The molecule has 0 bridgehead atoms. The summed E-state index contributed by atoms with van der Waals surface area (Å²) < 4.78 is 36.1. The predicted molar refractivity (Wildman–Crippen MR) is 116 cm³/mol. The van der Waals surface area contributed by atoms with E-state index in [-0.39, 0.29) is 11.6 Å². The standard InChI is InChI=1S/C24H19F2N5O2/c1-24(2,23(26)32)19-15-5-4-6-17(25)20(15)33-22-16(19)11-12-18(27-22)13-7-9-14(10-8-13)21-28-29-30-31(21)3/h4-12,19H,1-3H3/t19-/m0/s1. The summed E-state index contributed by atoms with van der Waals surface area (Å²) in [7, 11) is 1.75. The molecule has 1 aliphatic heterocycles. The van der Waals surface area contributed by atoms with Gasteiger partial charge in [0, 0.05) is 35.2 Å². The first-order chi connectivity index (χ1) is 15.8. The highest BCUT2D eigenvalue weighted by Gasteiger charge is 2.45. The Hall–Kier alpha value is -4.01. The summed E-state index contributed by atoms with van der Waals surface area (Å²) in [6.45, 7) is 3.00. The van der Waals surface area contributed by atoms with Crippen molar-refractivity contribution in [1.29, 1.82) is 0 Å². The van der Waals surface area contributed by atoms with Crippen LogP contribution in [0.5, 0.6) is 11.6 Å². The zero-order chi connectivity index (χ0) is 23.3. The van der Waals surface area contributed by atoms with Crippen LogP contribution in [0.25, 0.3) is 22.6 Å². The number of carbonyl (C=O) groups is 1. The van der Waals surface area contributed by atoms with Gasteiger partial charge in [0.05, 0.1) is 11.1 Å². The average molecular weight is 447 g/mol. The molecule has 0 fully saturated rings. The van der Waals surface area contributed by atoms with Crippen molar-refractivity contribution in [3.05, 3.63) is 71.5 Å². The van der Waals surface area contributed by atoms with Crippen LogP contribution < -0.4 is 4.74 Å². The van der Waals surface area contributed by atoms with Crippen molar-refractivity contribution < 1.29 is 18.3 Å². The Balaban J connectivity index is 1.59. The molecule has 2 aromatic carbocycles. The van der Waals surface area contributed by atoms with E-state index in [0.29, 0.717) is 22.6 Å². The molecule has 0 aliphatic carbocycles. The number of benzene rings is 2. The largest absolute Gasteiger partial charge is 0.435 e. The Bertz CT molecular complexity index is 1380. The van der Waals surface area contributed by atoms with E-state index >= 15 is 0 Å². The maximum Gasteiger partial charge on any atom is 0.307 e. The van der Waals surface area contributed by atoms with Crippen LogP contribution >= 0.6 is 0 Å². The fourth-order valence-electron chi connectivity index (χ4n) is 4.19. The second-order valence-corrected chi connectivity index (χ2v) is 8.48. The summed E-state index contributed by atoms with van der Waals surface area (Å²) in [5.74, 6) is -0.627. The normalized spacial score (nSPS) is 14.9. The van der Waals surface area contributed by atoms with Crippen LogP contribution in [-0.2, 0) is 11.8 Å². The highest BCUT2D eigenvalue weighted by Crippen LogP contribution is 2.52. The van der Waals surface area contributed by atoms with Gasteiger partial charge < -0.3 is 4.74 Å². The molecule has 0 spiro atoms. The summed E-state index contributed by atoms with van der Waals surface area (Å²) in [5.41, 5.74) is 1.70. The number of halogens is 2. The van der Waals surface area contributed by atoms with Crippen molar-refractivity contribution in [3.8, 4) is 34.3 Å². The minimum absolute atomic E-state index is 0.0425. The summed E-state index contributed by atoms with van der Waals surface area (Å²) in [5, 5.41) is 11.5. The van der Waals surface area contributed by atoms with Gasteiger partial charge in [-0.3, -0.25) is 4.79 Å². The first-order valence-corrected chi connectivity index (χ1v) is 10.3. The molecule has 9 heteroatoms. The monoisotopic (exact) mass is 447 g/mol. The molecule has 1 aliphatic rings. The van der Waals surface area contributed by atoms with E-state index in [9.17, 15) is 13.6 Å². The molecule has 3 heterocycles. The molecule has 0 amide bonds. The Morgan fingerprint density at radius 1 is 1.03 bits per heavy atom. The van der Waals surface area contributed by atoms with Crippen LogP contribution in [0.1, 0.15) is 30.9 Å². The number of hydrogen-bond donors (Lipinski definition) is 0. The number of hydrogen-bond acceptors (Lipinski definition) is 6. The first-order valence-electron chi connectivity index (χ1n) is 10.3. The Labute approximate surface area is 188 Å². The van der Waals surface area contributed by atoms with Crippen molar-refractivity contribution in [2.24, 2.45) is 12.5 Å². The fraction of sp³-hybridized carbons (Fsp3) is 0.208. The topological polar surface area (TPSA) is 82.8 Å². The fourth-order valence-corrected chi connectivity index (χ4v) is 4.19. The third-order valence-corrected chi connectivity index (χ3v) is 6.00. The molecule has 1 atom stereocenters. The molecule has 166 valence electrons. The number of fused-ring (bicyclic) bond motifs is 2. The Morgan fingerprint density at radius 2 is 1.76 bits per heavy atom. The lowest BCUT2D eigenvalue weighted by atomic mass is 9.70. The maximum absolute atomic E-state index is 14.6. The van der Waals surface area contributed by atoms with Gasteiger partial charge in [0.25, 0.3) is 0 Å². The highest BCUT2D eigenvalue weighted by atomic mass is 19.1. The maximum atomic E-state index is 14.6. The zero-order valence-electron chi connectivity index (χ0n) is 18.1. The second-order valence-electron chi connectivity index (χ2n) is 8.48. The SMILES string of the molecule is Cn1nnnc1-c1ccc(-c2ccc3c(n2)Oc2c(F)cccc2[C@@H]3C(C)(C)C(=O)F)cc1. The number of nitrogens with zero attached hydrogens (tertiary/aromatic N) is 5. The number of ether oxygens (including phenoxy) is 1. The molecule has 7 nitrogen and oxygen atoms in total. The zero-order valence-corrected chi connectivity index (χ0v) is 18.1. The van der Waals surface area contributed by atoms with E-state index in [2.05, 4.69) is 20.5 Å². The molecule has 0 radical (unpaired) electrons. The first kappa shape index (κ1) is 20.9. The number of aromatic nitrogens is 5. The lowest BCUT2D eigenvalue weighted by Crippen LogP contribution is -2.32. The molecule has 33 heavy (non-hydrogen) atoms. The van der Waals surface area contributed by atoms with Gasteiger partial charge in [0.15, 0.2) is 17.4 Å². The minimum atomic E-state index is -1.49. The van der Waals surface area contributed by atoms with E-state index in [4.69, 9.17) is 4.74 Å². The summed E-state index contributed by atoms with van der Waals surface area (Å²) >= 11 is 0. The molecule has 0 saturated heterocycles. The molecule has 2 aromatic heterocycles. The molecule has 0 unspecified atom stereocenters. The lowest BCUT2D eigenvalue weighted by Gasteiger charge is -2.35. The summed E-state index contributed by atoms with van der Waals surface area (Å²) in [6.07, 6.45) is 0. The third kappa shape index (κ3) is 3.36. The third-order valence-electron chi connectivity index (χ3n) is 6.00. The smallest absolute Gasteiger partial charge is 0.307 e. The van der Waals surface area contributed by atoms with E-state index in [1.165, 1.54) is 26.0 Å². The molecule has 0 saturated carbocycles. The number of tetrazole rings is 1. The Kier molecular flexibility index (Phi) is 4.77. The van der Waals surface area contributed by atoms with Gasteiger partial charge in [-0.1, -0.05) is 42.5 Å². The van der Waals surface area contributed by atoms with Gasteiger partial charge in [-0.25, -0.2) is 14.1 Å². The summed E-state index contributed by atoms with van der Waals surface area (Å²) in [4.78, 5) is 16.5. The van der Waals surface area contributed by atoms with Crippen molar-refractivity contribution in [3.63, 3.8) is 0 Å². The van der Waals surface area contributed by atoms with E-state index in [1.54, 1.807) is 29.9 Å². The number of aryl methyl sites for hydroxylation is 1. The lowest BCUT2D eigenvalue weighted by molar-refractivity contribution is -0.139. The minimum Gasteiger partial charge on any atom is -0.435 e. The van der Waals surface area contributed by atoms with E-state index in [1.807, 2.05) is 24.3 Å². The van der Waals surface area contributed by atoms with Crippen LogP contribution in [0.3, 0.4) is 0 Å². The molecule has 0 N–H and O–H groups in total. The van der Waals surface area contributed by atoms with Crippen LogP contribution in [0.2, 0.25) is 0 Å². The van der Waals surface area contributed by atoms with Crippen LogP contribution in [0.4, 0.5) is 8.78 Å². The van der Waals surface area contributed by atoms with Gasteiger partial charge in [-0.15, -0.1) is 5.10 Å². The Morgan fingerprint density at radius 3 is 2.42 bits per heavy atom. The van der Waals surface area contributed by atoms with E-state index < -0.39 is 23.2 Å². The number of pyridine rings is 1. The van der Waals surface area contributed by atoms with Gasteiger partial charge in [0.2, 0.25) is 5.88 Å².